The largest absolute Gasteiger partial charge is 0.372 e. The van der Waals surface area contributed by atoms with Crippen LogP contribution in [0.15, 0.2) is 88.5 Å². The molecule has 30 heavy (non-hydrogen) atoms. The van der Waals surface area contributed by atoms with Gasteiger partial charge in [0.1, 0.15) is 5.82 Å². The standard InChI is InChI=1S/C25H20BrFN2O/c26-17-10-11-19(27)18(14-17)25-24-22(28-20-8-4-5-9-21(20)29-25)12-16(13-23(24)30)15-6-2-1-3-7-15/h1-11,14,16,25,28-29H,12-13H2/t16-,25+/m1/s1. The van der Waals surface area contributed by atoms with Gasteiger partial charge in [-0.1, -0.05) is 58.4 Å². The molecule has 2 aliphatic rings. The fourth-order valence-electron chi connectivity index (χ4n) is 4.42. The van der Waals surface area contributed by atoms with Crippen molar-refractivity contribution in [2.24, 2.45) is 0 Å². The molecule has 0 saturated heterocycles. The van der Waals surface area contributed by atoms with Crippen LogP contribution in [0.4, 0.5) is 15.8 Å². The highest BCUT2D eigenvalue weighted by Crippen LogP contribution is 2.44. The molecule has 2 N–H and O–H groups in total. The van der Waals surface area contributed by atoms with Crippen LogP contribution in [0, 0.1) is 5.82 Å². The van der Waals surface area contributed by atoms with Crippen molar-refractivity contribution in [1.29, 1.82) is 0 Å². The van der Waals surface area contributed by atoms with Gasteiger partial charge in [-0.2, -0.15) is 0 Å². The van der Waals surface area contributed by atoms with E-state index in [0.29, 0.717) is 24.0 Å². The average Bonchev–Trinajstić information content (AvgIpc) is 2.93. The third-order valence-corrected chi connectivity index (χ3v) is 6.34. The van der Waals surface area contributed by atoms with E-state index in [1.165, 1.54) is 6.07 Å². The van der Waals surface area contributed by atoms with E-state index in [4.69, 9.17) is 0 Å². The lowest BCUT2D eigenvalue weighted by Gasteiger charge is -2.30. The lowest BCUT2D eigenvalue weighted by Crippen LogP contribution is -2.27. The van der Waals surface area contributed by atoms with Gasteiger partial charge < -0.3 is 10.6 Å². The predicted octanol–water partition coefficient (Wildman–Crippen LogP) is 6.57. The molecule has 0 radical (unpaired) electrons. The Balaban J connectivity index is 1.65. The van der Waals surface area contributed by atoms with Crippen molar-refractivity contribution in [3.05, 3.63) is 105 Å². The van der Waals surface area contributed by atoms with E-state index in [0.717, 1.165) is 27.1 Å². The molecule has 0 aromatic heterocycles. The molecule has 150 valence electrons. The second-order valence-corrected chi connectivity index (χ2v) is 8.66. The monoisotopic (exact) mass is 462 g/mol. The van der Waals surface area contributed by atoms with E-state index in [-0.39, 0.29) is 17.5 Å². The molecule has 2 atom stereocenters. The quantitative estimate of drug-likeness (QED) is 0.452. The van der Waals surface area contributed by atoms with Crippen LogP contribution >= 0.6 is 15.9 Å². The van der Waals surface area contributed by atoms with Gasteiger partial charge in [-0.3, -0.25) is 4.79 Å². The van der Waals surface area contributed by atoms with Crippen LogP contribution in [0.25, 0.3) is 0 Å². The minimum atomic E-state index is -0.558. The molecule has 0 saturated carbocycles. The van der Waals surface area contributed by atoms with Crippen molar-refractivity contribution in [3.63, 3.8) is 0 Å². The highest BCUT2D eigenvalue weighted by atomic mass is 79.9. The normalized spacial score (nSPS) is 20.5. The highest BCUT2D eigenvalue weighted by molar-refractivity contribution is 9.10. The van der Waals surface area contributed by atoms with Gasteiger partial charge in [-0.25, -0.2) is 4.39 Å². The number of ketones is 1. The molecule has 1 aliphatic carbocycles. The molecule has 0 amide bonds. The summed E-state index contributed by atoms with van der Waals surface area (Å²) in [7, 11) is 0. The Kier molecular flexibility index (Phi) is 4.91. The third-order valence-electron chi connectivity index (χ3n) is 5.85. The Labute approximate surface area is 183 Å². The third kappa shape index (κ3) is 3.43. The van der Waals surface area contributed by atoms with E-state index >= 15 is 0 Å². The smallest absolute Gasteiger partial charge is 0.163 e. The Morgan fingerprint density at radius 3 is 2.43 bits per heavy atom. The number of hydrogen-bond donors (Lipinski definition) is 2. The highest BCUT2D eigenvalue weighted by Gasteiger charge is 2.36. The first-order valence-corrected chi connectivity index (χ1v) is 10.8. The maximum absolute atomic E-state index is 14.9. The van der Waals surface area contributed by atoms with Gasteiger partial charge in [0.15, 0.2) is 5.78 Å². The van der Waals surface area contributed by atoms with Gasteiger partial charge in [0, 0.05) is 27.7 Å². The number of anilines is 2. The van der Waals surface area contributed by atoms with Gasteiger partial charge in [0.25, 0.3) is 0 Å². The topological polar surface area (TPSA) is 41.1 Å². The van der Waals surface area contributed by atoms with Gasteiger partial charge in [-0.05, 0) is 48.2 Å². The van der Waals surface area contributed by atoms with Crippen LogP contribution in [-0.2, 0) is 4.79 Å². The van der Waals surface area contributed by atoms with Gasteiger partial charge in [0.05, 0.1) is 17.4 Å². The molecule has 1 aliphatic heterocycles. The molecule has 3 aromatic rings. The minimum Gasteiger partial charge on any atom is -0.372 e. The first kappa shape index (κ1) is 19.1. The zero-order valence-corrected chi connectivity index (χ0v) is 17.7. The van der Waals surface area contributed by atoms with Crippen molar-refractivity contribution in [1.82, 2.24) is 0 Å². The van der Waals surface area contributed by atoms with E-state index in [9.17, 15) is 9.18 Å². The second-order valence-electron chi connectivity index (χ2n) is 7.75. The molecule has 0 bridgehead atoms. The Hall–Kier alpha value is -2.92. The van der Waals surface area contributed by atoms with Crippen molar-refractivity contribution in [3.8, 4) is 0 Å². The number of fused-ring (bicyclic) bond motifs is 1. The summed E-state index contributed by atoms with van der Waals surface area (Å²) in [5.74, 6) is -0.189. The molecule has 5 heteroatoms. The Bertz CT molecular complexity index is 1160. The number of hydrogen-bond acceptors (Lipinski definition) is 3. The first-order chi connectivity index (χ1) is 14.6. The molecule has 0 unspecified atom stereocenters. The lowest BCUT2D eigenvalue weighted by atomic mass is 9.78. The van der Waals surface area contributed by atoms with E-state index in [1.54, 1.807) is 12.1 Å². The summed E-state index contributed by atoms with van der Waals surface area (Å²) in [6.07, 6.45) is 1.11. The summed E-state index contributed by atoms with van der Waals surface area (Å²) < 4.78 is 15.7. The number of halogens is 2. The van der Waals surface area contributed by atoms with Crippen LogP contribution in [0.5, 0.6) is 0 Å². The van der Waals surface area contributed by atoms with Gasteiger partial charge in [0.2, 0.25) is 0 Å². The number of carbonyl (C=O) groups is 1. The number of allylic oxidation sites excluding steroid dienone is 1. The average molecular weight is 463 g/mol. The number of nitrogens with one attached hydrogen (secondary N) is 2. The zero-order chi connectivity index (χ0) is 20.7. The number of rotatable bonds is 2. The number of carbonyl (C=O) groups excluding carboxylic acids is 1. The zero-order valence-electron chi connectivity index (χ0n) is 16.2. The van der Waals surface area contributed by atoms with Crippen LogP contribution in [-0.4, -0.2) is 5.78 Å². The maximum atomic E-state index is 14.9. The molecular weight excluding hydrogens is 443 g/mol. The number of Topliss-reactive ketones (excluding diaryl/α,β-unsaturated/α-hetero) is 1. The lowest BCUT2D eigenvalue weighted by molar-refractivity contribution is -0.116. The summed E-state index contributed by atoms with van der Waals surface area (Å²) in [5.41, 5.74) is 4.83. The second kappa shape index (κ2) is 7.73. The molecule has 5 rings (SSSR count). The van der Waals surface area contributed by atoms with Crippen LogP contribution in [0.1, 0.15) is 35.9 Å². The van der Waals surface area contributed by atoms with Crippen molar-refractivity contribution < 1.29 is 9.18 Å². The van der Waals surface area contributed by atoms with Crippen LogP contribution in [0.2, 0.25) is 0 Å². The Morgan fingerprint density at radius 1 is 0.900 bits per heavy atom. The first-order valence-electron chi connectivity index (χ1n) is 9.99. The van der Waals surface area contributed by atoms with E-state index in [1.807, 2.05) is 42.5 Å². The summed E-state index contributed by atoms with van der Waals surface area (Å²) >= 11 is 3.45. The predicted molar refractivity (Wildman–Crippen MR) is 121 cm³/mol. The summed E-state index contributed by atoms with van der Waals surface area (Å²) in [6.45, 7) is 0. The van der Waals surface area contributed by atoms with E-state index < -0.39 is 6.04 Å². The molecule has 3 aromatic carbocycles. The summed E-state index contributed by atoms with van der Waals surface area (Å²) in [4.78, 5) is 13.4. The van der Waals surface area contributed by atoms with Crippen molar-refractivity contribution in [2.75, 3.05) is 10.6 Å². The number of benzene rings is 3. The van der Waals surface area contributed by atoms with Gasteiger partial charge in [-0.15, -0.1) is 0 Å². The fourth-order valence-corrected chi connectivity index (χ4v) is 4.80. The summed E-state index contributed by atoms with van der Waals surface area (Å²) in [6, 6.07) is 22.2. The molecular formula is C25H20BrFN2O. The molecule has 0 fully saturated rings. The minimum absolute atomic E-state index is 0.0438. The molecule has 1 heterocycles. The van der Waals surface area contributed by atoms with Crippen LogP contribution in [0.3, 0.4) is 0 Å². The Morgan fingerprint density at radius 2 is 1.63 bits per heavy atom. The summed E-state index contributed by atoms with van der Waals surface area (Å²) in [5, 5.41) is 6.91. The fraction of sp³-hybridized carbons (Fsp3) is 0.160. The van der Waals surface area contributed by atoms with Gasteiger partial charge >= 0.3 is 0 Å². The number of para-hydroxylation sites is 2. The molecule has 0 spiro atoms. The van der Waals surface area contributed by atoms with Crippen LogP contribution < -0.4 is 10.6 Å². The van der Waals surface area contributed by atoms with E-state index in [2.05, 4.69) is 38.7 Å². The van der Waals surface area contributed by atoms with Crippen molar-refractivity contribution >= 4 is 33.1 Å². The maximum Gasteiger partial charge on any atom is 0.163 e. The molecule has 3 nitrogen and oxygen atoms in total. The SMILES string of the molecule is O=C1C[C@H](c2ccccc2)CC2=C1[C@H](c1cc(Br)ccc1F)Nc1ccccc1N2. The van der Waals surface area contributed by atoms with Crippen molar-refractivity contribution in [2.45, 2.75) is 24.8 Å².